The van der Waals surface area contributed by atoms with Crippen LogP contribution in [0.15, 0.2) is 36.7 Å². The van der Waals surface area contributed by atoms with Crippen LogP contribution < -0.4 is 4.90 Å². The first-order valence-corrected chi connectivity index (χ1v) is 6.45. The zero-order valence-corrected chi connectivity index (χ0v) is 11.5. The molecular formula is C14H16ClN3O. The second-order valence-electron chi connectivity index (χ2n) is 4.28. The number of hydrogen-bond donors (Lipinski definition) is 1. The monoisotopic (exact) mass is 277 g/mol. The third kappa shape index (κ3) is 3.66. The predicted octanol–water partition coefficient (Wildman–Crippen LogP) is 2.30. The largest absolute Gasteiger partial charge is 0.392 e. The molecule has 2 aromatic rings. The molecule has 100 valence electrons. The standard InChI is InChI=1S/C14H16ClN3O/c1-18(7-5-12-4-2-3-6-16-12)14-8-11(10-19)13(15)9-17-14/h2-4,6,8-9,19H,5,7,10H2,1H3. The highest BCUT2D eigenvalue weighted by Crippen LogP contribution is 2.19. The summed E-state index contributed by atoms with van der Waals surface area (Å²) in [4.78, 5) is 10.6. The third-order valence-electron chi connectivity index (χ3n) is 2.91. The van der Waals surface area contributed by atoms with Crippen LogP contribution in [0.25, 0.3) is 0 Å². The molecule has 2 aromatic heterocycles. The lowest BCUT2D eigenvalue weighted by molar-refractivity contribution is 0.282. The van der Waals surface area contributed by atoms with Crippen LogP contribution in [0.2, 0.25) is 5.02 Å². The van der Waals surface area contributed by atoms with E-state index in [1.807, 2.05) is 30.1 Å². The summed E-state index contributed by atoms with van der Waals surface area (Å²) in [5.74, 6) is 0.796. The van der Waals surface area contributed by atoms with E-state index >= 15 is 0 Å². The summed E-state index contributed by atoms with van der Waals surface area (Å²) in [7, 11) is 1.96. The van der Waals surface area contributed by atoms with Gasteiger partial charge in [0.1, 0.15) is 5.82 Å². The molecule has 0 saturated carbocycles. The normalized spacial score (nSPS) is 10.5. The molecule has 2 heterocycles. The number of likely N-dealkylation sites (N-methyl/N-ethyl adjacent to an activating group) is 1. The van der Waals surface area contributed by atoms with Gasteiger partial charge in [0.05, 0.1) is 11.6 Å². The minimum absolute atomic E-state index is 0.0809. The van der Waals surface area contributed by atoms with Crippen LogP contribution in [0.1, 0.15) is 11.3 Å². The summed E-state index contributed by atoms with van der Waals surface area (Å²) in [6.07, 6.45) is 4.20. The number of halogens is 1. The fourth-order valence-electron chi connectivity index (χ4n) is 1.74. The van der Waals surface area contributed by atoms with Crippen molar-refractivity contribution in [1.29, 1.82) is 0 Å². The second-order valence-corrected chi connectivity index (χ2v) is 4.69. The number of anilines is 1. The predicted molar refractivity (Wildman–Crippen MR) is 76.4 cm³/mol. The molecule has 0 radical (unpaired) electrons. The van der Waals surface area contributed by atoms with Gasteiger partial charge in [-0.15, -0.1) is 0 Å². The first-order valence-electron chi connectivity index (χ1n) is 6.07. The number of nitrogens with zero attached hydrogens (tertiary/aromatic N) is 3. The topological polar surface area (TPSA) is 49.2 Å². The Balaban J connectivity index is 2.02. The van der Waals surface area contributed by atoms with Crippen molar-refractivity contribution in [2.75, 3.05) is 18.5 Å². The molecule has 0 aliphatic heterocycles. The molecule has 0 bridgehead atoms. The van der Waals surface area contributed by atoms with E-state index in [2.05, 4.69) is 9.97 Å². The van der Waals surface area contributed by atoms with Crippen LogP contribution in [0, 0.1) is 0 Å². The van der Waals surface area contributed by atoms with Gasteiger partial charge in [0.2, 0.25) is 0 Å². The van der Waals surface area contributed by atoms with Crippen molar-refractivity contribution >= 4 is 17.4 Å². The molecule has 5 heteroatoms. The summed E-state index contributed by atoms with van der Waals surface area (Å²) in [6.45, 7) is 0.721. The summed E-state index contributed by atoms with van der Waals surface area (Å²) in [5, 5.41) is 9.68. The van der Waals surface area contributed by atoms with Crippen molar-refractivity contribution in [1.82, 2.24) is 9.97 Å². The Hall–Kier alpha value is -1.65. The van der Waals surface area contributed by atoms with Crippen LogP contribution >= 0.6 is 11.6 Å². The van der Waals surface area contributed by atoms with Gasteiger partial charge >= 0.3 is 0 Å². The minimum Gasteiger partial charge on any atom is -0.392 e. The van der Waals surface area contributed by atoms with Crippen molar-refractivity contribution in [3.63, 3.8) is 0 Å². The van der Waals surface area contributed by atoms with E-state index in [4.69, 9.17) is 11.6 Å². The maximum absolute atomic E-state index is 9.19. The number of aromatic nitrogens is 2. The first-order chi connectivity index (χ1) is 9.20. The van der Waals surface area contributed by atoms with Gasteiger partial charge in [-0.2, -0.15) is 0 Å². The van der Waals surface area contributed by atoms with E-state index < -0.39 is 0 Å². The van der Waals surface area contributed by atoms with Gasteiger partial charge in [0.25, 0.3) is 0 Å². The molecule has 0 amide bonds. The lowest BCUT2D eigenvalue weighted by atomic mass is 10.2. The molecule has 0 fully saturated rings. The summed E-state index contributed by atoms with van der Waals surface area (Å²) < 4.78 is 0. The molecular weight excluding hydrogens is 262 g/mol. The van der Waals surface area contributed by atoms with Crippen LogP contribution in [0.4, 0.5) is 5.82 Å². The SMILES string of the molecule is CN(CCc1ccccn1)c1cc(CO)c(Cl)cn1. The van der Waals surface area contributed by atoms with Crippen LogP contribution in [-0.4, -0.2) is 28.7 Å². The van der Waals surface area contributed by atoms with Gasteiger partial charge in [-0.1, -0.05) is 17.7 Å². The summed E-state index contributed by atoms with van der Waals surface area (Å²) >= 11 is 5.92. The summed E-state index contributed by atoms with van der Waals surface area (Å²) in [5.41, 5.74) is 1.74. The quantitative estimate of drug-likeness (QED) is 0.911. The molecule has 0 unspecified atom stereocenters. The molecule has 0 aliphatic rings. The minimum atomic E-state index is -0.0809. The molecule has 0 spiro atoms. The zero-order valence-electron chi connectivity index (χ0n) is 10.8. The van der Waals surface area contributed by atoms with Crippen LogP contribution in [0.3, 0.4) is 0 Å². The van der Waals surface area contributed by atoms with Gasteiger partial charge in [0.15, 0.2) is 0 Å². The maximum atomic E-state index is 9.19. The molecule has 0 saturated heterocycles. The second kappa shape index (κ2) is 6.50. The average molecular weight is 278 g/mol. The maximum Gasteiger partial charge on any atom is 0.128 e. The van der Waals surface area contributed by atoms with Gasteiger partial charge in [-0.3, -0.25) is 4.98 Å². The molecule has 19 heavy (non-hydrogen) atoms. The fraction of sp³-hybridized carbons (Fsp3) is 0.286. The Morgan fingerprint density at radius 3 is 2.84 bits per heavy atom. The lowest BCUT2D eigenvalue weighted by Gasteiger charge is -2.18. The van der Waals surface area contributed by atoms with Crippen LogP contribution in [-0.2, 0) is 13.0 Å². The summed E-state index contributed by atoms with van der Waals surface area (Å²) in [6, 6.07) is 7.69. The van der Waals surface area contributed by atoms with E-state index in [-0.39, 0.29) is 6.61 Å². The Morgan fingerprint density at radius 1 is 1.32 bits per heavy atom. The number of pyridine rings is 2. The van der Waals surface area contributed by atoms with Crippen LogP contribution in [0.5, 0.6) is 0 Å². The van der Waals surface area contributed by atoms with E-state index in [9.17, 15) is 5.11 Å². The van der Waals surface area contributed by atoms with Crippen molar-refractivity contribution in [2.24, 2.45) is 0 Å². The highest BCUT2D eigenvalue weighted by Gasteiger charge is 2.07. The van der Waals surface area contributed by atoms with Gasteiger partial charge < -0.3 is 10.0 Å². The highest BCUT2D eigenvalue weighted by atomic mass is 35.5. The van der Waals surface area contributed by atoms with Gasteiger partial charge in [0, 0.05) is 43.7 Å². The number of aliphatic hydroxyl groups is 1. The number of aliphatic hydroxyl groups excluding tert-OH is 1. The Kier molecular flexibility index (Phi) is 4.71. The van der Waals surface area contributed by atoms with Crippen molar-refractivity contribution in [3.05, 3.63) is 52.9 Å². The highest BCUT2D eigenvalue weighted by molar-refractivity contribution is 6.31. The van der Waals surface area contributed by atoms with Crippen molar-refractivity contribution < 1.29 is 5.11 Å². The molecule has 1 N–H and O–H groups in total. The Bertz CT molecular complexity index is 533. The van der Waals surface area contributed by atoms with Gasteiger partial charge in [-0.05, 0) is 18.2 Å². The molecule has 4 nitrogen and oxygen atoms in total. The lowest BCUT2D eigenvalue weighted by Crippen LogP contribution is -2.21. The van der Waals surface area contributed by atoms with Gasteiger partial charge in [-0.25, -0.2) is 4.98 Å². The molecule has 2 rings (SSSR count). The molecule has 0 atom stereocenters. The van der Waals surface area contributed by atoms with E-state index in [1.54, 1.807) is 18.5 Å². The Labute approximate surface area is 117 Å². The van der Waals surface area contributed by atoms with E-state index in [0.717, 1.165) is 24.5 Å². The number of rotatable bonds is 5. The van der Waals surface area contributed by atoms with Crippen molar-refractivity contribution in [3.8, 4) is 0 Å². The fourth-order valence-corrected chi connectivity index (χ4v) is 1.90. The molecule has 0 aromatic carbocycles. The van der Waals surface area contributed by atoms with E-state index in [0.29, 0.717) is 10.6 Å². The average Bonchev–Trinajstić information content (AvgIpc) is 2.46. The van der Waals surface area contributed by atoms with E-state index in [1.165, 1.54) is 0 Å². The first kappa shape index (κ1) is 13.8. The smallest absolute Gasteiger partial charge is 0.128 e. The van der Waals surface area contributed by atoms with Crippen molar-refractivity contribution in [2.45, 2.75) is 13.0 Å². The third-order valence-corrected chi connectivity index (χ3v) is 3.25. The zero-order chi connectivity index (χ0) is 13.7. The Morgan fingerprint density at radius 2 is 2.16 bits per heavy atom. The molecule has 0 aliphatic carbocycles. The number of hydrogen-bond acceptors (Lipinski definition) is 4.